The molecule has 7 heteroatoms. The van der Waals surface area contributed by atoms with Gasteiger partial charge in [0, 0.05) is 19.2 Å². The molecule has 1 atom stereocenters. The minimum Gasteiger partial charge on any atom is -0.316 e. The van der Waals surface area contributed by atoms with E-state index in [0.717, 1.165) is 38.1 Å². The molecule has 0 aliphatic carbocycles. The fourth-order valence-electron chi connectivity index (χ4n) is 2.59. The Labute approximate surface area is 124 Å². The number of hydrogen-bond acceptors (Lipinski definition) is 3. The molecule has 21 heavy (non-hydrogen) atoms. The Morgan fingerprint density at radius 1 is 1.38 bits per heavy atom. The van der Waals surface area contributed by atoms with Crippen LogP contribution >= 0.6 is 0 Å². The van der Waals surface area contributed by atoms with Gasteiger partial charge in [-0.25, -0.2) is 17.2 Å². The second-order valence-electron chi connectivity index (χ2n) is 5.24. The van der Waals surface area contributed by atoms with Crippen molar-refractivity contribution in [2.75, 3.05) is 26.2 Å². The van der Waals surface area contributed by atoms with Gasteiger partial charge in [-0.05, 0) is 44.0 Å². The van der Waals surface area contributed by atoms with Crippen molar-refractivity contribution < 1.29 is 17.2 Å². The van der Waals surface area contributed by atoms with Crippen LogP contribution in [0.2, 0.25) is 0 Å². The van der Waals surface area contributed by atoms with Gasteiger partial charge in [-0.2, -0.15) is 4.31 Å². The molecule has 1 unspecified atom stereocenters. The van der Waals surface area contributed by atoms with Crippen LogP contribution in [0.25, 0.3) is 0 Å². The smallest absolute Gasteiger partial charge is 0.245 e. The molecule has 4 nitrogen and oxygen atoms in total. The highest BCUT2D eigenvalue weighted by molar-refractivity contribution is 7.89. The Hall–Kier alpha value is -1.05. The summed E-state index contributed by atoms with van der Waals surface area (Å²) in [7, 11) is -3.93. The normalized spacial score (nSPS) is 19.9. The first kappa shape index (κ1) is 16.3. The summed E-state index contributed by atoms with van der Waals surface area (Å²) < 4.78 is 53.0. The van der Waals surface area contributed by atoms with E-state index >= 15 is 0 Å². The third-order valence-electron chi connectivity index (χ3n) is 3.73. The SMILES string of the molecule is CCN(CC1CCCNC1)S(=O)(=O)c1ccc(F)cc1F. The van der Waals surface area contributed by atoms with E-state index in [0.29, 0.717) is 12.6 Å². The number of hydrogen-bond donors (Lipinski definition) is 1. The number of nitrogens with zero attached hydrogens (tertiary/aromatic N) is 1. The van der Waals surface area contributed by atoms with Gasteiger partial charge in [-0.15, -0.1) is 0 Å². The summed E-state index contributed by atoms with van der Waals surface area (Å²) in [5, 5.41) is 3.23. The zero-order chi connectivity index (χ0) is 15.5. The van der Waals surface area contributed by atoms with E-state index in [9.17, 15) is 17.2 Å². The molecule has 0 aromatic heterocycles. The zero-order valence-corrected chi connectivity index (χ0v) is 12.8. The molecule has 1 saturated heterocycles. The molecule has 0 bridgehead atoms. The summed E-state index contributed by atoms with van der Waals surface area (Å²) >= 11 is 0. The standard InChI is InChI=1S/C14H20F2N2O2S/c1-2-18(10-11-4-3-7-17-9-11)21(19,20)14-6-5-12(15)8-13(14)16/h5-6,8,11,17H,2-4,7,9-10H2,1H3. The molecule has 1 aliphatic heterocycles. The lowest BCUT2D eigenvalue weighted by Crippen LogP contribution is -2.41. The Balaban J connectivity index is 2.22. The van der Waals surface area contributed by atoms with Gasteiger partial charge in [0.25, 0.3) is 0 Å². The Morgan fingerprint density at radius 2 is 2.14 bits per heavy atom. The lowest BCUT2D eigenvalue weighted by Gasteiger charge is -2.29. The average molecular weight is 318 g/mol. The number of piperidine rings is 1. The van der Waals surface area contributed by atoms with Gasteiger partial charge in [0.1, 0.15) is 16.5 Å². The van der Waals surface area contributed by atoms with Crippen molar-refractivity contribution in [2.45, 2.75) is 24.7 Å². The molecular weight excluding hydrogens is 298 g/mol. The molecule has 1 heterocycles. The molecule has 1 aromatic rings. The number of benzene rings is 1. The van der Waals surface area contributed by atoms with E-state index in [1.165, 1.54) is 4.31 Å². The summed E-state index contributed by atoms with van der Waals surface area (Å²) in [6, 6.07) is 2.55. The first-order valence-corrected chi connectivity index (χ1v) is 8.55. The van der Waals surface area contributed by atoms with Gasteiger partial charge in [0.05, 0.1) is 0 Å². The third-order valence-corrected chi connectivity index (χ3v) is 5.70. The van der Waals surface area contributed by atoms with Crippen LogP contribution in [0.4, 0.5) is 8.78 Å². The predicted molar refractivity (Wildman–Crippen MR) is 76.4 cm³/mol. The predicted octanol–water partition coefficient (Wildman–Crippen LogP) is 1.97. The third kappa shape index (κ3) is 3.78. The maximum absolute atomic E-state index is 13.8. The van der Waals surface area contributed by atoms with Crippen molar-refractivity contribution in [3.05, 3.63) is 29.8 Å². The molecule has 1 fully saturated rings. The van der Waals surface area contributed by atoms with Gasteiger partial charge in [0.2, 0.25) is 10.0 Å². The van der Waals surface area contributed by atoms with Crippen molar-refractivity contribution in [3.63, 3.8) is 0 Å². The maximum atomic E-state index is 13.8. The second kappa shape index (κ2) is 6.81. The lowest BCUT2D eigenvalue weighted by atomic mass is 10.00. The fourth-order valence-corrected chi connectivity index (χ4v) is 4.16. The molecule has 0 saturated carbocycles. The maximum Gasteiger partial charge on any atom is 0.245 e. The molecular formula is C14H20F2N2O2S. The molecule has 118 valence electrons. The van der Waals surface area contributed by atoms with Crippen molar-refractivity contribution in [2.24, 2.45) is 5.92 Å². The Morgan fingerprint density at radius 3 is 2.71 bits per heavy atom. The van der Waals surface area contributed by atoms with Gasteiger partial charge in [-0.3, -0.25) is 0 Å². The molecule has 0 radical (unpaired) electrons. The van der Waals surface area contributed by atoms with Crippen molar-refractivity contribution in [1.29, 1.82) is 0 Å². The number of halogens is 2. The second-order valence-corrected chi connectivity index (χ2v) is 7.15. The molecule has 1 aromatic carbocycles. The van der Waals surface area contributed by atoms with E-state index in [1.54, 1.807) is 6.92 Å². The van der Waals surface area contributed by atoms with Crippen LogP contribution in [0.15, 0.2) is 23.1 Å². The Bertz CT molecular complexity index is 587. The highest BCUT2D eigenvalue weighted by Gasteiger charge is 2.29. The molecule has 2 rings (SSSR count). The van der Waals surface area contributed by atoms with Crippen LogP contribution in [0.1, 0.15) is 19.8 Å². The highest BCUT2D eigenvalue weighted by atomic mass is 32.2. The average Bonchev–Trinajstić information content (AvgIpc) is 2.45. The first-order chi connectivity index (χ1) is 9.95. The van der Waals surface area contributed by atoms with E-state index < -0.39 is 26.6 Å². The van der Waals surface area contributed by atoms with Gasteiger partial charge in [0.15, 0.2) is 0 Å². The lowest BCUT2D eigenvalue weighted by molar-refractivity contribution is 0.297. The number of rotatable bonds is 5. The van der Waals surface area contributed by atoms with Crippen LogP contribution in [-0.4, -0.2) is 38.9 Å². The fraction of sp³-hybridized carbons (Fsp3) is 0.571. The van der Waals surface area contributed by atoms with Crippen LogP contribution in [0.5, 0.6) is 0 Å². The summed E-state index contributed by atoms with van der Waals surface area (Å²) in [4.78, 5) is -0.463. The largest absolute Gasteiger partial charge is 0.316 e. The van der Waals surface area contributed by atoms with E-state index in [1.807, 2.05) is 0 Å². The molecule has 0 spiro atoms. The monoisotopic (exact) mass is 318 g/mol. The Kier molecular flexibility index (Phi) is 5.29. The quantitative estimate of drug-likeness (QED) is 0.903. The highest BCUT2D eigenvalue weighted by Crippen LogP contribution is 2.22. The zero-order valence-electron chi connectivity index (χ0n) is 12.0. The summed E-state index contributed by atoms with van der Waals surface area (Å²) in [6.07, 6.45) is 1.96. The van der Waals surface area contributed by atoms with Gasteiger partial charge < -0.3 is 5.32 Å². The summed E-state index contributed by atoms with van der Waals surface area (Å²) in [6.45, 7) is 4.04. The number of nitrogens with one attached hydrogen (secondary N) is 1. The van der Waals surface area contributed by atoms with Gasteiger partial charge in [-0.1, -0.05) is 6.92 Å². The van der Waals surface area contributed by atoms with Gasteiger partial charge >= 0.3 is 0 Å². The van der Waals surface area contributed by atoms with Crippen molar-refractivity contribution >= 4 is 10.0 Å². The van der Waals surface area contributed by atoms with Crippen LogP contribution in [0, 0.1) is 17.6 Å². The molecule has 1 N–H and O–H groups in total. The minimum atomic E-state index is -3.93. The molecule has 0 amide bonds. The van der Waals surface area contributed by atoms with Crippen LogP contribution in [0.3, 0.4) is 0 Å². The minimum absolute atomic E-state index is 0.219. The topological polar surface area (TPSA) is 49.4 Å². The van der Waals surface area contributed by atoms with E-state index in [4.69, 9.17) is 0 Å². The first-order valence-electron chi connectivity index (χ1n) is 7.11. The number of sulfonamides is 1. The molecule has 1 aliphatic rings. The van der Waals surface area contributed by atoms with Crippen molar-refractivity contribution in [3.8, 4) is 0 Å². The van der Waals surface area contributed by atoms with Crippen molar-refractivity contribution in [1.82, 2.24) is 9.62 Å². The summed E-state index contributed by atoms with van der Waals surface area (Å²) in [5.41, 5.74) is 0. The van der Waals surface area contributed by atoms with Crippen LogP contribution in [-0.2, 0) is 10.0 Å². The van der Waals surface area contributed by atoms with E-state index in [2.05, 4.69) is 5.32 Å². The summed E-state index contributed by atoms with van der Waals surface area (Å²) in [5.74, 6) is -1.61. The van der Waals surface area contributed by atoms with Crippen LogP contribution < -0.4 is 5.32 Å². The van der Waals surface area contributed by atoms with E-state index in [-0.39, 0.29) is 12.5 Å².